The molecule has 0 aromatic heterocycles. The second kappa shape index (κ2) is 13.8. The molecule has 4 aromatic rings. The van der Waals surface area contributed by atoms with E-state index in [0.29, 0.717) is 32.4 Å². The van der Waals surface area contributed by atoms with Crippen molar-refractivity contribution >= 4 is 11.8 Å². The van der Waals surface area contributed by atoms with Crippen LogP contribution in [0.4, 0.5) is 0 Å². The van der Waals surface area contributed by atoms with Crippen molar-refractivity contribution in [1.29, 1.82) is 0 Å². The van der Waals surface area contributed by atoms with Gasteiger partial charge in [-0.25, -0.2) is 0 Å². The molecular weight excluding hydrogens is 456 g/mol. The molecule has 0 aliphatic rings. The van der Waals surface area contributed by atoms with Gasteiger partial charge in [-0.15, -0.1) is 0 Å². The lowest BCUT2D eigenvalue weighted by molar-refractivity contribution is -0.121. The van der Waals surface area contributed by atoms with E-state index >= 15 is 0 Å². The summed E-state index contributed by atoms with van der Waals surface area (Å²) >= 11 is 0. The largest absolute Gasteiger partial charge is 0.356 e. The Labute approximate surface area is 219 Å². The molecule has 0 unspecified atom stereocenters. The molecule has 0 fully saturated rings. The Balaban J connectivity index is 1.24. The van der Waals surface area contributed by atoms with Gasteiger partial charge in [0.2, 0.25) is 11.8 Å². The van der Waals surface area contributed by atoms with Crippen molar-refractivity contribution in [2.24, 2.45) is 0 Å². The quantitative estimate of drug-likeness (QED) is 0.237. The minimum atomic E-state index is 0.00927. The smallest absolute Gasteiger partial charge is 0.220 e. The first-order valence-corrected chi connectivity index (χ1v) is 12.9. The molecule has 4 rings (SSSR count). The molecule has 37 heavy (non-hydrogen) atoms. The maximum atomic E-state index is 12.8. The van der Waals surface area contributed by atoms with E-state index in [0.717, 1.165) is 22.3 Å². The van der Waals surface area contributed by atoms with E-state index in [2.05, 4.69) is 59.2 Å². The van der Waals surface area contributed by atoms with Gasteiger partial charge in [-0.2, -0.15) is 0 Å². The third-order valence-electron chi connectivity index (χ3n) is 6.58. The average Bonchev–Trinajstić information content (AvgIpc) is 2.96. The third-order valence-corrected chi connectivity index (χ3v) is 6.58. The molecule has 2 N–H and O–H groups in total. The number of hydrogen-bond acceptors (Lipinski definition) is 2. The van der Waals surface area contributed by atoms with Crippen molar-refractivity contribution in [3.63, 3.8) is 0 Å². The van der Waals surface area contributed by atoms with Gasteiger partial charge < -0.3 is 10.6 Å². The number of nitrogens with one attached hydrogen (secondary N) is 2. The van der Waals surface area contributed by atoms with E-state index in [1.807, 2.05) is 72.8 Å². The molecule has 0 heterocycles. The lowest BCUT2D eigenvalue weighted by atomic mass is 9.88. The van der Waals surface area contributed by atoms with Gasteiger partial charge in [0, 0.05) is 37.8 Å². The molecule has 0 aliphatic heterocycles. The van der Waals surface area contributed by atoms with Crippen LogP contribution in [0.25, 0.3) is 0 Å². The van der Waals surface area contributed by atoms with Gasteiger partial charge in [-0.3, -0.25) is 9.59 Å². The molecule has 0 saturated carbocycles. The van der Waals surface area contributed by atoms with Gasteiger partial charge in [0.25, 0.3) is 0 Å². The standard InChI is InChI=1S/C33H34N2O2/c36-32(24-30(26-14-5-1-6-15-26)27-16-7-2-8-17-27)34-22-13-23-35-33(37)25-31(28-18-9-3-10-19-28)29-20-11-4-12-21-29/h1-12,14-21,30-31H,13,22-25H2,(H,34,36)(H,35,37). The summed E-state index contributed by atoms with van der Waals surface area (Å²) in [5.41, 5.74) is 4.51. The van der Waals surface area contributed by atoms with Crippen molar-refractivity contribution in [2.75, 3.05) is 13.1 Å². The summed E-state index contributed by atoms with van der Waals surface area (Å²) in [5.74, 6) is 0.0412. The van der Waals surface area contributed by atoms with Crippen molar-refractivity contribution in [3.05, 3.63) is 144 Å². The van der Waals surface area contributed by atoms with Crippen LogP contribution in [-0.4, -0.2) is 24.9 Å². The summed E-state index contributed by atoms with van der Waals surface area (Å²) in [6.07, 6.45) is 1.45. The zero-order valence-electron chi connectivity index (χ0n) is 21.1. The number of hydrogen-bond donors (Lipinski definition) is 2. The Morgan fingerprint density at radius 2 is 0.730 bits per heavy atom. The van der Waals surface area contributed by atoms with Crippen LogP contribution in [0.2, 0.25) is 0 Å². The van der Waals surface area contributed by atoms with Gasteiger partial charge in [-0.05, 0) is 28.7 Å². The van der Waals surface area contributed by atoms with Crippen LogP contribution >= 0.6 is 0 Å². The molecule has 0 saturated heterocycles. The Kier molecular flexibility index (Phi) is 9.65. The van der Waals surface area contributed by atoms with E-state index in [1.165, 1.54) is 0 Å². The Morgan fingerprint density at radius 3 is 1.00 bits per heavy atom. The molecule has 0 aliphatic carbocycles. The van der Waals surface area contributed by atoms with Crippen LogP contribution in [0.15, 0.2) is 121 Å². The molecular formula is C33H34N2O2. The number of benzene rings is 4. The SMILES string of the molecule is O=C(CC(c1ccccc1)c1ccccc1)NCCCNC(=O)CC(c1ccccc1)c1ccccc1. The number of carbonyl (C=O) groups is 2. The first-order chi connectivity index (χ1) is 18.2. The van der Waals surface area contributed by atoms with Crippen molar-refractivity contribution in [1.82, 2.24) is 10.6 Å². The van der Waals surface area contributed by atoms with Crippen LogP contribution in [0.5, 0.6) is 0 Å². The zero-order valence-corrected chi connectivity index (χ0v) is 21.1. The Hall–Kier alpha value is -4.18. The van der Waals surface area contributed by atoms with Gasteiger partial charge in [0.15, 0.2) is 0 Å². The number of amides is 2. The fourth-order valence-electron chi connectivity index (χ4n) is 4.66. The van der Waals surface area contributed by atoms with Crippen LogP contribution in [0.1, 0.15) is 53.4 Å². The van der Waals surface area contributed by atoms with Crippen molar-refractivity contribution in [2.45, 2.75) is 31.1 Å². The van der Waals surface area contributed by atoms with Crippen LogP contribution in [0, 0.1) is 0 Å². The van der Waals surface area contributed by atoms with Crippen molar-refractivity contribution in [3.8, 4) is 0 Å². The molecule has 2 amide bonds. The normalized spacial score (nSPS) is 10.9. The molecule has 0 spiro atoms. The highest BCUT2D eigenvalue weighted by Gasteiger charge is 2.19. The van der Waals surface area contributed by atoms with Crippen LogP contribution in [0.3, 0.4) is 0 Å². The van der Waals surface area contributed by atoms with Gasteiger partial charge in [-0.1, -0.05) is 121 Å². The monoisotopic (exact) mass is 490 g/mol. The highest BCUT2D eigenvalue weighted by molar-refractivity contribution is 5.78. The topological polar surface area (TPSA) is 58.2 Å². The van der Waals surface area contributed by atoms with Crippen LogP contribution < -0.4 is 10.6 Å². The number of rotatable bonds is 12. The fourth-order valence-corrected chi connectivity index (χ4v) is 4.66. The molecule has 188 valence electrons. The molecule has 0 bridgehead atoms. The summed E-state index contributed by atoms with van der Waals surface area (Å²) in [4.78, 5) is 25.5. The van der Waals surface area contributed by atoms with E-state index in [-0.39, 0.29) is 23.7 Å². The predicted molar refractivity (Wildman–Crippen MR) is 149 cm³/mol. The summed E-state index contributed by atoms with van der Waals surface area (Å²) in [7, 11) is 0. The second-order valence-electron chi connectivity index (χ2n) is 9.21. The minimum absolute atomic E-state index is 0.00927. The highest BCUT2D eigenvalue weighted by Crippen LogP contribution is 2.28. The summed E-state index contributed by atoms with van der Waals surface area (Å²) < 4.78 is 0. The van der Waals surface area contributed by atoms with Gasteiger partial charge in [0.05, 0.1) is 0 Å². The first kappa shape index (κ1) is 25.9. The maximum absolute atomic E-state index is 12.8. The Morgan fingerprint density at radius 1 is 0.459 bits per heavy atom. The molecule has 4 heteroatoms. The van der Waals surface area contributed by atoms with Crippen LogP contribution in [-0.2, 0) is 9.59 Å². The summed E-state index contributed by atoms with van der Waals surface area (Å²) in [6.45, 7) is 1.05. The lowest BCUT2D eigenvalue weighted by Gasteiger charge is -2.18. The van der Waals surface area contributed by atoms with E-state index in [4.69, 9.17) is 0 Å². The minimum Gasteiger partial charge on any atom is -0.356 e. The summed E-state index contributed by atoms with van der Waals surface area (Å²) in [5, 5.41) is 6.06. The molecule has 0 radical (unpaired) electrons. The van der Waals surface area contributed by atoms with E-state index in [9.17, 15) is 9.59 Å². The van der Waals surface area contributed by atoms with E-state index < -0.39 is 0 Å². The van der Waals surface area contributed by atoms with E-state index in [1.54, 1.807) is 0 Å². The second-order valence-corrected chi connectivity index (χ2v) is 9.21. The fraction of sp³-hybridized carbons (Fsp3) is 0.212. The maximum Gasteiger partial charge on any atom is 0.220 e. The average molecular weight is 491 g/mol. The Bertz CT molecular complexity index is 1050. The van der Waals surface area contributed by atoms with Gasteiger partial charge in [0.1, 0.15) is 0 Å². The first-order valence-electron chi connectivity index (χ1n) is 12.9. The zero-order chi connectivity index (χ0) is 25.7. The third kappa shape index (κ3) is 7.91. The summed E-state index contributed by atoms with van der Waals surface area (Å²) in [6, 6.07) is 40.5. The highest BCUT2D eigenvalue weighted by atomic mass is 16.2. The number of carbonyl (C=O) groups excluding carboxylic acids is 2. The lowest BCUT2D eigenvalue weighted by Crippen LogP contribution is -2.31. The molecule has 4 nitrogen and oxygen atoms in total. The van der Waals surface area contributed by atoms with Crippen molar-refractivity contribution < 1.29 is 9.59 Å². The molecule has 0 atom stereocenters. The van der Waals surface area contributed by atoms with Gasteiger partial charge >= 0.3 is 0 Å². The predicted octanol–water partition coefficient (Wildman–Crippen LogP) is 6.05. The molecule has 4 aromatic carbocycles.